The lowest BCUT2D eigenvalue weighted by molar-refractivity contribution is -0.215. The lowest BCUT2D eigenvalue weighted by atomic mass is 9.96. The summed E-state index contributed by atoms with van der Waals surface area (Å²) in [4.78, 5) is 6.74. The van der Waals surface area contributed by atoms with E-state index in [1.165, 1.54) is 12.8 Å². The number of aliphatic imine (C=N–C) groups is 1. The van der Waals surface area contributed by atoms with Crippen LogP contribution < -0.4 is 5.84 Å². The highest BCUT2D eigenvalue weighted by molar-refractivity contribution is 6.38. The molecule has 1 heterocycles. The van der Waals surface area contributed by atoms with Crippen molar-refractivity contribution in [3.63, 3.8) is 0 Å². The lowest BCUT2D eigenvalue weighted by Gasteiger charge is -2.33. The number of benzene rings is 1. The Hall–Kier alpha value is -2.20. The molecule has 1 saturated heterocycles. The smallest absolute Gasteiger partial charge is 0.176 e. The third-order valence-electron chi connectivity index (χ3n) is 5.16. The van der Waals surface area contributed by atoms with Crippen molar-refractivity contribution in [2.24, 2.45) is 21.4 Å². The molecule has 6 nitrogen and oxygen atoms in total. The molecular formula is C23H32N4O2. The minimum absolute atomic E-state index is 0.0547. The zero-order valence-electron chi connectivity index (χ0n) is 17.9. The standard InChI is InChI=1S/C23H32N4O2/c1-17-12-18(6-5-11-27(4)19-8-9-19)7-10-20(17)21(26-24)13-25-14-22-28-15-23(2,3)16-29-22/h7,10,12-13,19,22H,8-9,11,14-16,24H2,1-4H3/b25-13?,26-21+. The molecule has 2 aliphatic rings. The molecule has 156 valence electrons. The zero-order valence-corrected chi connectivity index (χ0v) is 17.9. The van der Waals surface area contributed by atoms with Gasteiger partial charge in [0.15, 0.2) is 6.29 Å². The monoisotopic (exact) mass is 396 g/mol. The van der Waals surface area contributed by atoms with E-state index in [0.717, 1.165) is 29.3 Å². The van der Waals surface area contributed by atoms with Crippen molar-refractivity contribution in [2.45, 2.75) is 45.9 Å². The van der Waals surface area contributed by atoms with Gasteiger partial charge in [-0.15, -0.1) is 0 Å². The maximum atomic E-state index is 5.70. The molecule has 1 saturated carbocycles. The van der Waals surface area contributed by atoms with E-state index in [9.17, 15) is 0 Å². The number of nitrogens with zero attached hydrogens (tertiary/aromatic N) is 3. The van der Waals surface area contributed by atoms with Crippen molar-refractivity contribution in [3.05, 3.63) is 34.9 Å². The summed E-state index contributed by atoms with van der Waals surface area (Å²) < 4.78 is 11.4. The van der Waals surface area contributed by atoms with E-state index in [4.69, 9.17) is 15.3 Å². The van der Waals surface area contributed by atoms with Gasteiger partial charge in [-0.05, 0) is 44.5 Å². The highest BCUT2D eigenvalue weighted by Gasteiger charge is 2.28. The number of rotatable bonds is 6. The maximum absolute atomic E-state index is 5.70. The molecule has 0 spiro atoms. The summed E-state index contributed by atoms with van der Waals surface area (Å²) >= 11 is 0. The molecule has 0 radical (unpaired) electrons. The molecule has 6 heteroatoms. The van der Waals surface area contributed by atoms with Crippen molar-refractivity contribution in [1.82, 2.24) is 4.90 Å². The van der Waals surface area contributed by atoms with E-state index in [1.54, 1.807) is 6.21 Å². The van der Waals surface area contributed by atoms with Crippen molar-refractivity contribution in [3.8, 4) is 11.8 Å². The van der Waals surface area contributed by atoms with Crippen LogP contribution in [0.25, 0.3) is 0 Å². The molecule has 0 amide bonds. The molecule has 1 aliphatic heterocycles. The first-order valence-corrected chi connectivity index (χ1v) is 10.2. The molecule has 2 fully saturated rings. The van der Waals surface area contributed by atoms with Gasteiger partial charge in [0.25, 0.3) is 0 Å². The van der Waals surface area contributed by atoms with Crippen LogP contribution in [-0.4, -0.2) is 62.5 Å². The fourth-order valence-electron chi connectivity index (χ4n) is 3.17. The van der Waals surface area contributed by atoms with Crippen LogP contribution in [0.4, 0.5) is 0 Å². The van der Waals surface area contributed by atoms with Crippen molar-refractivity contribution >= 4 is 11.9 Å². The number of hydrazone groups is 1. The molecule has 1 aromatic carbocycles. The average Bonchev–Trinajstić information content (AvgIpc) is 3.52. The van der Waals surface area contributed by atoms with E-state index in [0.29, 0.717) is 25.5 Å². The molecule has 29 heavy (non-hydrogen) atoms. The predicted octanol–water partition coefficient (Wildman–Crippen LogP) is 2.57. The molecule has 1 aliphatic carbocycles. The molecule has 1 aromatic rings. The Morgan fingerprint density at radius 3 is 2.66 bits per heavy atom. The van der Waals surface area contributed by atoms with Crippen LogP contribution in [0.5, 0.6) is 0 Å². The summed E-state index contributed by atoms with van der Waals surface area (Å²) in [5, 5.41) is 3.91. The predicted molar refractivity (Wildman–Crippen MR) is 117 cm³/mol. The first kappa shape index (κ1) is 21.5. The summed E-state index contributed by atoms with van der Waals surface area (Å²) in [5.41, 5.74) is 3.69. The second-order valence-electron chi connectivity index (χ2n) is 8.70. The lowest BCUT2D eigenvalue weighted by Crippen LogP contribution is -2.39. The molecule has 2 N–H and O–H groups in total. The van der Waals surface area contributed by atoms with E-state index >= 15 is 0 Å². The van der Waals surface area contributed by atoms with E-state index in [1.807, 2.05) is 19.1 Å². The second kappa shape index (κ2) is 9.53. The number of aryl methyl sites for hydroxylation is 1. The van der Waals surface area contributed by atoms with E-state index in [2.05, 4.69) is 53.8 Å². The summed E-state index contributed by atoms with van der Waals surface area (Å²) in [7, 11) is 2.13. The summed E-state index contributed by atoms with van der Waals surface area (Å²) in [6.07, 6.45) is 3.97. The van der Waals surface area contributed by atoms with Crippen LogP contribution >= 0.6 is 0 Å². The Bertz CT molecular complexity index is 821. The quantitative estimate of drug-likeness (QED) is 0.347. The number of ether oxygens (including phenoxy) is 2. The van der Waals surface area contributed by atoms with Gasteiger partial charge in [0, 0.05) is 28.8 Å². The highest BCUT2D eigenvalue weighted by Crippen LogP contribution is 2.24. The van der Waals surface area contributed by atoms with Gasteiger partial charge in [-0.1, -0.05) is 31.8 Å². The van der Waals surface area contributed by atoms with E-state index < -0.39 is 0 Å². The maximum Gasteiger partial charge on any atom is 0.176 e. The van der Waals surface area contributed by atoms with Gasteiger partial charge in [0.05, 0.1) is 26.3 Å². The molecule has 0 aromatic heterocycles. The molecule has 0 unspecified atom stereocenters. The highest BCUT2D eigenvalue weighted by atomic mass is 16.7. The van der Waals surface area contributed by atoms with Gasteiger partial charge in [-0.3, -0.25) is 9.89 Å². The van der Waals surface area contributed by atoms with Crippen LogP contribution in [0.15, 0.2) is 28.3 Å². The van der Waals surface area contributed by atoms with E-state index in [-0.39, 0.29) is 11.7 Å². The normalized spacial score (nSPS) is 20.1. The third kappa shape index (κ3) is 6.40. The zero-order chi connectivity index (χ0) is 20.9. The Kier molecular flexibility index (Phi) is 7.07. The van der Waals surface area contributed by atoms with Gasteiger partial charge < -0.3 is 15.3 Å². The fraction of sp³-hybridized carbons (Fsp3) is 0.565. The van der Waals surface area contributed by atoms with Crippen molar-refractivity contribution in [1.29, 1.82) is 0 Å². The topological polar surface area (TPSA) is 72.4 Å². The van der Waals surface area contributed by atoms with Crippen LogP contribution in [0.2, 0.25) is 0 Å². The minimum Gasteiger partial charge on any atom is -0.350 e. The minimum atomic E-state index is -0.314. The molecule has 3 rings (SSSR count). The number of hydrogen-bond donors (Lipinski definition) is 1. The number of hydrogen-bond acceptors (Lipinski definition) is 6. The molecule has 0 bridgehead atoms. The second-order valence-corrected chi connectivity index (χ2v) is 8.70. The van der Waals surface area contributed by atoms with Crippen molar-refractivity contribution < 1.29 is 9.47 Å². The van der Waals surface area contributed by atoms with Crippen LogP contribution in [0, 0.1) is 24.2 Å². The summed E-state index contributed by atoms with van der Waals surface area (Å²) in [6.45, 7) is 8.83. The van der Waals surface area contributed by atoms with Crippen LogP contribution in [0.1, 0.15) is 43.4 Å². The average molecular weight is 397 g/mol. The Morgan fingerprint density at radius 2 is 2.03 bits per heavy atom. The van der Waals surface area contributed by atoms with Crippen molar-refractivity contribution in [2.75, 3.05) is 33.4 Å². The van der Waals surface area contributed by atoms with Crippen LogP contribution in [0.3, 0.4) is 0 Å². The third-order valence-corrected chi connectivity index (χ3v) is 5.16. The molecular weight excluding hydrogens is 364 g/mol. The summed E-state index contributed by atoms with van der Waals surface area (Å²) in [6, 6.07) is 6.79. The van der Waals surface area contributed by atoms with Gasteiger partial charge in [0.1, 0.15) is 5.71 Å². The summed E-state index contributed by atoms with van der Waals surface area (Å²) in [5.74, 6) is 12.1. The fourth-order valence-corrected chi connectivity index (χ4v) is 3.17. The SMILES string of the molecule is Cc1cc(C#CCN(C)C2CC2)ccc1/C(C=NCC1OCC(C)(C)CO1)=N/N. The van der Waals surface area contributed by atoms with Crippen LogP contribution in [-0.2, 0) is 9.47 Å². The van der Waals surface area contributed by atoms with Gasteiger partial charge in [-0.2, -0.15) is 5.10 Å². The first-order valence-electron chi connectivity index (χ1n) is 10.2. The Balaban J connectivity index is 1.57. The molecule has 0 atom stereocenters. The number of nitrogens with two attached hydrogens (primary N) is 1. The van der Waals surface area contributed by atoms with Gasteiger partial charge in [0.2, 0.25) is 0 Å². The van der Waals surface area contributed by atoms with Gasteiger partial charge in [-0.25, -0.2) is 0 Å². The Morgan fingerprint density at radius 1 is 1.31 bits per heavy atom. The van der Waals surface area contributed by atoms with Gasteiger partial charge >= 0.3 is 0 Å². The Labute approximate surface area is 174 Å². The first-order chi connectivity index (χ1) is 13.9. The largest absolute Gasteiger partial charge is 0.350 e.